The van der Waals surface area contributed by atoms with E-state index in [4.69, 9.17) is 9.47 Å². The van der Waals surface area contributed by atoms with Crippen LogP contribution in [0.2, 0.25) is 0 Å². The number of rotatable bonds is 4. The van der Waals surface area contributed by atoms with Gasteiger partial charge in [-0.05, 0) is 55.8 Å². The van der Waals surface area contributed by atoms with Crippen LogP contribution in [0.4, 0.5) is 4.79 Å². The second-order valence-electron chi connectivity index (χ2n) is 6.86. The van der Waals surface area contributed by atoms with E-state index in [9.17, 15) is 9.90 Å². The number of nitrogens with one attached hydrogen (secondary N) is 1. The lowest BCUT2D eigenvalue weighted by molar-refractivity contribution is 0.197. The lowest BCUT2D eigenvalue weighted by Crippen LogP contribution is -2.14. The SMILES string of the molecule is COC1=CC(c2cc3cc(OC)ccc3n2C(=O)O)=NC1=Cc1[nH]c(C)cc1C. The minimum atomic E-state index is -1.08. The maximum atomic E-state index is 12.0. The molecule has 29 heavy (non-hydrogen) atoms. The molecule has 0 fully saturated rings. The first-order valence-corrected chi connectivity index (χ1v) is 9.07. The van der Waals surface area contributed by atoms with Gasteiger partial charge in [-0.3, -0.25) is 0 Å². The third kappa shape index (κ3) is 3.20. The summed E-state index contributed by atoms with van der Waals surface area (Å²) in [7, 11) is 3.15. The van der Waals surface area contributed by atoms with E-state index in [1.54, 1.807) is 44.6 Å². The van der Waals surface area contributed by atoms with Crippen molar-refractivity contribution in [3.63, 3.8) is 0 Å². The molecule has 148 valence electrons. The molecule has 0 saturated carbocycles. The fraction of sp³-hybridized carbons (Fsp3) is 0.182. The maximum absolute atomic E-state index is 12.0. The minimum Gasteiger partial charge on any atom is -0.497 e. The number of carbonyl (C=O) groups is 1. The van der Waals surface area contributed by atoms with E-state index in [0.29, 0.717) is 34.1 Å². The van der Waals surface area contributed by atoms with Crippen molar-refractivity contribution in [1.82, 2.24) is 9.55 Å². The highest BCUT2D eigenvalue weighted by molar-refractivity contribution is 6.15. The van der Waals surface area contributed by atoms with Crippen LogP contribution in [0.3, 0.4) is 0 Å². The first kappa shape index (κ1) is 18.6. The van der Waals surface area contributed by atoms with E-state index in [1.165, 1.54) is 4.57 Å². The molecule has 0 amide bonds. The predicted octanol–water partition coefficient (Wildman–Crippen LogP) is 4.50. The van der Waals surface area contributed by atoms with Crippen LogP contribution in [-0.4, -0.2) is 40.7 Å². The number of hydrogen-bond acceptors (Lipinski definition) is 4. The Morgan fingerprint density at radius 3 is 2.59 bits per heavy atom. The van der Waals surface area contributed by atoms with Gasteiger partial charge in [0.05, 0.1) is 31.1 Å². The van der Waals surface area contributed by atoms with Gasteiger partial charge in [-0.25, -0.2) is 14.4 Å². The van der Waals surface area contributed by atoms with Crippen LogP contribution in [0.25, 0.3) is 17.0 Å². The third-order valence-electron chi connectivity index (χ3n) is 4.91. The zero-order valence-corrected chi connectivity index (χ0v) is 16.6. The Morgan fingerprint density at radius 2 is 1.97 bits per heavy atom. The molecular formula is C22H21N3O4. The lowest BCUT2D eigenvalue weighted by Gasteiger charge is -2.04. The Morgan fingerprint density at radius 1 is 1.17 bits per heavy atom. The van der Waals surface area contributed by atoms with E-state index < -0.39 is 6.09 Å². The number of aromatic nitrogens is 2. The van der Waals surface area contributed by atoms with Gasteiger partial charge in [0.1, 0.15) is 17.2 Å². The number of aromatic amines is 1. The van der Waals surface area contributed by atoms with Crippen LogP contribution in [0.5, 0.6) is 5.75 Å². The van der Waals surface area contributed by atoms with Crippen LogP contribution in [0.15, 0.2) is 52.9 Å². The normalized spacial score (nSPS) is 15.0. The van der Waals surface area contributed by atoms with Gasteiger partial charge in [-0.15, -0.1) is 0 Å². The van der Waals surface area contributed by atoms with Gasteiger partial charge < -0.3 is 19.6 Å². The highest BCUT2D eigenvalue weighted by Gasteiger charge is 2.23. The Bertz CT molecular complexity index is 1220. The molecule has 0 atom stereocenters. The largest absolute Gasteiger partial charge is 0.497 e. The molecule has 4 rings (SSSR count). The van der Waals surface area contributed by atoms with Gasteiger partial charge in [0.2, 0.25) is 0 Å². The van der Waals surface area contributed by atoms with Crippen LogP contribution in [0, 0.1) is 13.8 Å². The highest BCUT2D eigenvalue weighted by atomic mass is 16.5. The Balaban J connectivity index is 1.87. The third-order valence-corrected chi connectivity index (χ3v) is 4.91. The van der Waals surface area contributed by atoms with Gasteiger partial charge in [-0.2, -0.15) is 0 Å². The Kier molecular flexibility index (Phi) is 4.50. The topological polar surface area (TPSA) is 88.8 Å². The smallest absolute Gasteiger partial charge is 0.416 e. The molecule has 0 radical (unpaired) electrons. The van der Waals surface area contributed by atoms with Crippen molar-refractivity contribution in [2.75, 3.05) is 14.2 Å². The van der Waals surface area contributed by atoms with E-state index >= 15 is 0 Å². The molecule has 2 N–H and O–H groups in total. The Hall–Kier alpha value is -3.74. The summed E-state index contributed by atoms with van der Waals surface area (Å²) < 4.78 is 12.0. The van der Waals surface area contributed by atoms with Crippen molar-refractivity contribution >= 4 is 28.8 Å². The fourth-order valence-electron chi connectivity index (χ4n) is 3.56. The van der Waals surface area contributed by atoms with Crippen molar-refractivity contribution in [2.45, 2.75) is 13.8 Å². The number of allylic oxidation sites excluding steroid dienone is 1. The molecule has 0 unspecified atom stereocenters. The van der Waals surface area contributed by atoms with Crippen LogP contribution >= 0.6 is 0 Å². The van der Waals surface area contributed by atoms with Gasteiger partial charge >= 0.3 is 6.09 Å². The molecule has 1 aliphatic rings. The molecule has 3 aromatic rings. The number of hydrogen-bond donors (Lipinski definition) is 2. The molecule has 0 bridgehead atoms. The average Bonchev–Trinajstić information content (AvgIpc) is 3.35. The summed E-state index contributed by atoms with van der Waals surface area (Å²) >= 11 is 0. The van der Waals surface area contributed by atoms with Crippen molar-refractivity contribution in [2.24, 2.45) is 4.99 Å². The Labute approximate surface area is 167 Å². The zero-order chi connectivity index (χ0) is 20.7. The zero-order valence-electron chi connectivity index (χ0n) is 16.6. The number of methoxy groups -OCH3 is 2. The van der Waals surface area contributed by atoms with Crippen LogP contribution < -0.4 is 4.74 Å². The molecule has 7 heteroatoms. The summed E-state index contributed by atoms with van der Waals surface area (Å²) in [5.41, 5.74) is 5.28. The lowest BCUT2D eigenvalue weighted by atomic mass is 10.2. The first-order chi connectivity index (χ1) is 13.9. The molecule has 0 aliphatic carbocycles. The standard InChI is InChI=1S/C22H21N3O4/c1-12-7-13(2)23-16(12)10-18-21(29-4)11-17(24-18)20-9-14-8-15(28-3)5-6-19(14)25(20)22(26)27/h5-11,23H,1-4H3,(H,26,27). The second kappa shape index (κ2) is 7.01. The molecule has 0 spiro atoms. The number of aliphatic imine (C=N–C) groups is 1. The maximum Gasteiger partial charge on any atom is 0.416 e. The molecule has 1 aliphatic heterocycles. The van der Waals surface area contributed by atoms with Crippen molar-refractivity contribution in [3.05, 3.63) is 70.5 Å². The quantitative estimate of drug-likeness (QED) is 0.686. The molecule has 2 aromatic heterocycles. The summed E-state index contributed by atoms with van der Waals surface area (Å²) in [5.74, 6) is 1.23. The number of nitrogens with zero attached hydrogens (tertiary/aromatic N) is 2. The minimum absolute atomic E-state index is 0.470. The number of aryl methyl sites for hydroxylation is 2. The fourth-order valence-corrected chi connectivity index (χ4v) is 3.56. The number of ether oxygens (including phenoxy) is 2. The number of fused-ring (bicyclic) bond motifs is 1. The predicted molar refractivity (Wildman–Crippen MR) is 112 cm³/mol. The van der Waals surface area contributed by atoms with Crippen molar-refractivity contribution < 1.29 is 19.4 Å². The molecule has 1 aromatic carbocycles. The molecular weight excluding hydrogens is 370 g/mol. The van der Waals surface area contributed by atoms with Gasteiger partial charge in [0.15, 0.2) is 0 Å². The van der Waals surface area contributed by atoms with Crippen molar-refractivity contribution in [3.8, 4) is 5.75 Å². The summed E-state index contributed by atoms with van der Waals surface area (Å²) in [6, 6.07) is 9.11. The van der Waals surface area contributed by atoms with Gasteiger partial charge in [-0.1, -0.05) is 0 Å². The van der Waals surface area contributed by atoms with E-state index in [1.807, 2.05) is 19.9 Å². The van der Waals surface area contributed by atoms with E-state index in [-0.39, 0.29) is 0 Å². The summed E-state index contributed by atoms with van der Waals surface area (Å²) in [5, 5.41) is 10.6. The molecule has 3 heterocycles. The molecule has 0 saturated heterocycles. The van der Waals surface area contributed by atoms with Crippen LogP contribution in [0.1, 0.15) is 22.6 Å². The summed E-state index contributed by atoms with van der Waals surface area (Å²) in [6.07, 6.45) is 2.58. The monoisotopic (exact) mass is 391 g/mol. The number of H-pyrrole nitrogens is 1. The van der Waals surface area contributed by atoms with E-state index in [0.717, 1.165) is 22.3 Å². The van der Waals surface area contributed by atoms with Gasteiger partial charge in [0.25, 0.3) is 0 Å². The van der Waals surface area contributed by atoms with Gasteiger partial charge in [0, 0.05) is 22.9 Å². The van der Waals surface area contributed by atoms with Crippen molar-refractivity contribution in [1.29, 1.82) is 0 Å². The second-order valence-corrected chi connectivity index (χ2v) is 6.86. The van der Waals surface area contributed by atoms with Crippen LogP contribution in [-0.2, 0) is 4.74 Å². The summed E-state index contributed by atoms with van der Waals surface area (Å²) in [6.45, 7) is 4.01. The highest BCUT2D eigenvalue weighted by Crippen LogP contribution is 2.30. The first-order valence-electron chi connectivity index (χ1n) is 9.07. The molecule has 7 nitrogen and oxygen atoms in total. The summed E-state index contributed by atoms with van der Waals surface area (Å²) in [4.78, 5) is 19.9. The number of benzene rings is 1. The van der Waals surface area contributed by atoms with E-state index in [2.05, 4.69) is 16.0 Å². The average molecular weight is 391 g/mol. The number of carboxylic acid groups (broad SMARTS) is 1.